The van der Waals surface area contributed by atoms with Gasteiger partial charge in [-0.05, 0) is 106 Å². The number of hydrogen-bond acceptors (Lipinski definition) is 14. The Morgan fingerprint density at radius 1 is 1.03 bits per heavy atom. The molecule has 2 atom stereocenters. The minimum Gasteiger partial charge on any atom is -0.497 e. The lowest BCUT2D eigenvalue weighted by Crippen LogP contribution is -2.48. The normalized spacial score (nSPS) is 28.1. The van der Waals surface area contributed by atoms with Crippen molar-refractivity contribution in [1.29, 1.82) is 0 Å². The van der Waals surface area contributed by atoms with Gasteiger partial charge in [-0.2, -0.15) is 0 Å². The SMILES string of the molecule is COc1ccc2sc(Nc3nnc4c(c3C)CCCN4c3ccc(/C(=C/N)C(C)=NCC45CC6(OCCN7CCN(C)CC7)CC(C)(C4)C(C)(C5)C6)c(C(=O)O)n3)nc2c1. The molecule has 318 valence electrons. The number of pyridine rings is 1. The van der Waals surface area contributed by atoms with Crippen LogP contribution in [0.15, 0.2) is 41.5 Å². The number of methoxy groups -OCH3 is 1. The topological polar surface area (TPSA) is 167 Å². The quantitative estimate of drug-likeness (QED) is 0.117. The number of aromatic nitrogens is 4. The van der Waals surface area contributed by atoms with Crippen LogP contribution in [0.5, 0.6) is 5.75 Å². The third-order valence-electron chi connectivity index (χ3n) is 14.6. The Morgan fingerprint density at radius 2 is 1.80 bits per heavy atom. The van der Waals surface area contributed by atoms with E-state index in [0.717, 1.165) is 111 Å². The summed E-state index contributed by atoms with van der Waals surface area (Å²) in [4.78, 5) is 34.5. The first-order valence-electron chi connectivity index (χ1n) is 21.3. The number of nitrogens with two attached hydrogens (primary N) is 1. The van der Waals surface area contributed by atoms with Crippen molar-refractivity contribution in [1.82, 2.24) is 30.0 Å². The molecule has 4 saturated carbocycles. The summed E-state index contributed by atoms with van der Waals surface area (Å²) in [7, 11) is 3.84. The fourth-order valence-electron chi connectivity index (χ4n) is 11.8. The number of nitrogens with one attached hydrogen (secondary N) is 1. The summed E-state index contributed by atoms with van der Waals surface area (Å²) in [5.74, 6) is 1.42. The number of ether oxygens (including phenoxy) is 2. The zero-order valence-corrected chi connectivity index (χ0v) is 36.6. The summed E-state index contributed by atoms with van der Waals surface area (Å²) >= 11 is 1.54. The van der Waals surface area contributed by atoms with Gasteiger partial charge in [0.25, 0.3) is 0 Å². The third kappa shape index (κ3) is 7.20. The minimum atomic E-state index is -1.13. The number of likely N-dealkylation sites (N-methyl/N-ethyl adjacent to an activating group) is 1. The molecule has 1 aromatic carbocycles. The molecule has 4 bridgehead atoms. The molecule has 6 aliphatic rings. The number of aromatic carboxylic acids is 1. The minimum absolute atomic E-state index is 0.0330. The summed E-state index contributed by atoms with van der Waals surface area (Å²) < 4.78 is 13.3. The van der Waals surface area contributed by atoms with E-state index in [2.05, 4.69) is 46.2 Å². The van der Waals surface area contributed by atoms with E-state index in [1.807, 2.05) is 43.0 Å². The van der Waals surface area contributed by atoms with Crippen molar-refractivity contribution in [2.45, 2.75) is 78.2 Å². The number of benzene rings is 1. The van der Waals surface area contributed by atoms with Gasteiger partial charge < -0.3 is 35.4 Å². The Kier molecular flexibility index (Phi) is 10.4. The number of hydrogen-bond donors (Lipinski definition) is 3. The number of carbonyl (C=O) groups is 1. The van der Waals surface area contributed by atoms with Gasteiger partial charge >= 0.3 is 5.97 Å². The number of aliphatic imine (C=N–C) groups is 1. The molecule has 60 heavy (non-hydrogen) atoms. The predicted octanol–water partition coefficient (Wildman–Crippen LogP) is 7.08. The molecule has 14 nitrogen and oxygen atoms in total. The maximum absolute atomic E-state index is 12.9. The number of carboxylic acid groups (broad SMARTS) is 1. The second-order valence-electron chi connectivity index (χ2n) is 18.7. The van der Waals surface area contributed by atoms with Crippen molar-refractivity contribution < 1.29 is 19.4 Å². The van der Waals surface area contributed by atoms with E-state index in [4.69, 9.17) is 30.2 Å². The summed E-state index contributed by atoms with van der Waals surface area (Å²) in [6.45, 7) is 16.4. The summed E-state index contributed by atoms with van der Waals surface area (Å²) in [5, 5.41) is 23.9. The number of nitrogens with zero attached hydrogens (tertiary/aromatic N) is 8. The van der Waals surface area contributed by atoms with E-state index in [9.17, 15) is 9.90 Å². The van der Waals surface area contributed by atoms with Crippen molar-refractivity contribution >= 4 is 61.4 Å². The molecule has 2 aliphatic heterocycles. The lowest BCUT2D eigenvalue weighted by atomic mass is 9.64. The molecular weight excluding hydrogens is 777 g/mol. The number of rotatable bonds is 13. The summed E-state index contributed by atoms with van der Waals surface area (Å²) in [6.07, 6.45) is 8.62. The fraction of sp³-hybridized carbons (Fsp3) is 0.556. The maximum atomic E-state index is 12.9. The maximum Gasteiger partial charge on any atom is 0.355 e. The molecule has 5 fully saturated rings. The molecular formula is C45H58N10O4S. The molecule has 2 unspecified atom stereocenters. The summed E-state index contributed by atoms with van der Waals surface area (Å²) in [6, 6.07) is 9.49. The van der Waals surface area contributed by atoms with Crippen molar-refractivity contribution in [3.63, 3.8) is 0 Å². The van der Waals surface area contributed by atoms with Crippen LogP contribution in [0.1, 0.15) is 86.5 Å². The van der Waals surface area contributed by atoms with Gasteiger partial charge in [-0.3, -0.25) is 9.89 Å². The van der Waals surface area contributed by atoms with E-state index >= 15 is 0 Å². The number of allylic oxidation sites excluding steroid dienone is 1. The Balaban J connectivity index is 0.921. The Labute approximate surface area is 356 Å². The molecule has 1 saturated heterocycles. The standard InChI is InChI=1S/C45H58N10O4S/c1-28-31-8-7-13-55(39(31)52-51-38(28)50-41-48-34-20-30(58-6)9-11-35(34)60-41)36-12-10-32(37(49-36)40(56)57)33(21-46)29(2)47-27-44-22-42(3)24-45(26-44,25-43(42,4)23-44)59-19-18-54-16-14-53(5)15-17-54/h9-12,20-21H,7-8,13-19,22-27,46H2,1-6H3,(H,56,57)(H,48,50,51)/b33-21+,47-29?. The van der Waals surface area contributed by atoms with Gasteiger partial charge in [0.15, 0.2) is 22.5 Å². The Hall–Kier alpha value is -4.70. The van der Waals surface area contributed by atoms with E-state index in [-0.39, 0.29) is 27.5 Å². The smallest absolute Gasteiger partial charge is 0.355 e. The van der Waals surface area contributed by atoms with Crippen molar-refractivity contribution in [2.75, 3.05) is 76.8 Å². The monoisotopic (exact) mass is 834 g/mol. The number of anilines is 4. The van der Waals surface area contributed by atoms with E-state index in [1.165, 1.54) is 17.5 Å². The number of piperazine rings is 1. The zero-order chi connectivity index (χ0) is 42.0. The fourth-order valence-corrected chi connectivity index (χ4v) is 12.6. The van der Waals surface area contributed by atoms with Gasteiger partial charge in [-0.25, -0.2) is 14.8 Å². The second-order valence-corrected chi connectivity index (χ2v) is 19.8. The van der Waals surface area contributed by atoms with Crippen molar-refractivity contribution in [2.24, 2.45) is 27.0 Å². The van der Waals surface area contributed by atoms with Crippen LogP contribution in [0, 0.1) is 23.2 Å². The van der Waals surface area contributed by atoms with Gasteiger partial charge in [0.05, 0.1) is 29.5 Å². The lowest BCUT2D eigenvalue weighted by Gasteiger charge is -2.47. The molecule has 0 radical (unpaired) electrons. The van der Waals surface area contributed by atoms with Gasteiger partial charge in [-0.1, -0.05) is 25.2 Å². The molecule has 10 rings (SSSR count). The van der Waals surface area contributed by atoms with Gasteiger partial charge in [-0.15, -0.1) is 10.2 Å². The number of carboxylic acids is 1. The number of fused-ring (bicyclic) bond motifs is 2. The predicted molar refractivity (Wildman–Crippen MR) is 237 cm³/mol. The lowest BCUT2D eigenvalue weighted by molar-refractivity contribution is -0.114. The van der Waals surface area contributed by atoms with Crippen LogP contribution in [0.4, 0.5) is 22.6 Å². The number of thiazole rings is 1. The molecule has 4 N–H and O–H groups in total. The first-order chi connectivity index (χ1) is 28.7. The van der Waals surface area contributed by atoms with Crippen LogP contribution in [0.3, 0.4) is 0 Å². The Morgan fingerprint density at radius 3 is 2.52 bits per heavy atom. The first-order valence-corrected chi connectivity index (χ1v) is 22.1. The van der Waals surface area contributed by atoms with E-state index < -0.39 is 5.97 Å². The third-order valence-corrected chi connectivity index (χ3v) is 15.5. The second kappa shape index (κ2) is 15.3. The van der Waals surface area contributed by atoms with Crippen LogP contribution < -0.4 is 20.7 Å². The molecule has 3 aromatic heterocycles. The molecule has 5 heterocycles. The van der Waals surface area contributed by atoms with Crippen LogP contribution in [0.25, 0.3) is 15.8 Å². The zero-order valence-electron chi connectivity index (χ0n) is 35.8. The highest BCUT2D eigenvalue weighted by Crippen LogP contribution is 2.78. The van der Waals surface area contributed by atoms with Crippen LogP contribution in [-0.2, 0) is 11.2 Å². The molecule has 4 aromatic rings. The van der Waals surface area contributed by atoms with Crippen LogP contribution in [-0.4, -0.2) is 119 Å². The molecule has 0 spiro atoms. The largest absolute Gasteiger partial charge is 0.497 e. The van der Waals surface area contributed by atoms with Crippen molar-refractivity contribution in [3.05, 3.63) is 58.9 Å². The Bertz CT molecular complexity index is 2370. The van der Waals surface area contributed by atoms with Crippen LogP contribution >= 0.6 is 11.3 Å². The molecule has 4 aliphatic carbocycles. The first kappa shape index (κ1) is 40.7. The van der Waals surface area contributed by atoms with E-state index in [1.54, 1.807) is 13.2 Å². The highest BCUT2D eigenvalue weighted by atomic mass is 32.1. The average molecular weight is 835 g/mol. The average Bonchev–Trinajstić information content (AvgIpc) is 3.75. The van der Waals surface area contributed by atoms with Gasteiger partial charge in [0, 0.05) is 86.1 Å². The highest BCUT2D eigenvalue weighted by Gasteiger charge is 2.73. The van der Waals surface area contributed by atoms with E-state index in [0.29, 0.717) is 52.5 Å². The molecule has 0 amide bonds. The highest BCUT2D eigenvalue weighted by molar-refractivity contribution is 7.22. The van der Waals surface area contributed by atoms with Gasteiger partial charge in [0.2, 0.25) is 0 Å². The van der Waals surface area contributed by atoms with Crippen molar-refractivity contribution in [3.8, 4) is 5.75 Å². The van der Waals surface area contributed by atoms with Crippen LogP contribution in [0.2, 0.25) is 0 Å². The summed E-state index contributed by atoms with van der Waals surface area (Å²) in [5.41, 5.74) is 11.1. The molecule has 15 heteroatoms. The van der Waals surface area contributed by atoms with Gasteiger partial charge in [0.1, 0.15) is 11.6 Å².